The summed E-state index contributed by atoms with van der Waals surface area (Å²) in [4.78, 5) is 4.99. The highest BCUT2D eigenvalue weighted by Crippen LogP contribution is 1.74. The Labute approximate surface area is 64.1 Å². The van der Waals surface area contributed by atoms with Gasteiger partial charge in [0.15, 0.2) is 0 Å². The fourth-order valence-electron chi connectivity index (χ4n) is 0.495. The lowest BCUT2D eigenvalue weighted by molar-refractivity contribution is 0.0433. The summed E-state index contributed by atoms with van der Waals surface area (Å²) in [5.41, 5.74) is 2.78. The molecule has 2 N–H and O–H groups in total. The van der Waals surface area contributed by atoms with Crippen LogP contribution in [0, 0.1) is 0 Å². The summed E-state index contributed by atoms with van der Waals surface area (Å²) < 4.78 is 0. The number of hydrogen-bond acceptors (Lipinski definition) is 3. The highest BCUT2D eigenvalue weighted by Gasteiger charge is 1.83. The van der Waals surface area contributed by atoms with Crippen molar-refractivity contribution in [3.8, 4) is 0 Å². The second-order valence-electron chi connectivity index (χ2n) is 1.80. The van der Waals surface area contributed by atoms with Crippen molar-refractivity contribution in [1.82, 2.24) is 10.8 Å². The second kappa shape index (κ2) is 11.6. The van der Waals surface area contributed by atoms with Crippen molar-refractivity contribution in [2.75, 3.05) is 26.7 Å². The van der Waals surface area contributed by atoms with Crippen LogP contribution in [0.25, 0.3) is 0 Å². The third-order valence-electron chi connectivity index (χ3n) is 0.920. The van der Waals surface area contributed by atoms with Gasteiger partial charge in [-0.1, -0.05) is 14.4 Å². The third-order valence-corrected chi connectivity index (χ3v) is 0.920. The Morgan fingerprint density at radius 1 is 1.40 bits per heavy atom. The van der Waals surface area contributed by atoms with Gasteiger partial charge in [0.25, 0.3) is 0 Å². The molecule has 0 atom stereocenters. The predicted molar refractivity (Wildman–Crippen MR) is 44.9 cm³/mol. The van der Waals surface area contributed by atoms with Crippen molar-refractivity contribution in [2.24, 2.45) is 0 Å². The van der Waals surface area contributed by atoms with Crippen molar-refractivity contribution in [3.63, 3.8) is 0 Å². The van der Waals surface area contributed by atoms with E-state index >= 15 is 0 Å². The molecule has 10 heavy (non-hydrogen) atoms. The maximum atomic E-state index is 4.99. The van der Waals surface area contributed by atoms with Gasteiger partial charge < -0.3 is 10.2 Å². The van der Waals surface area contributed by atoms with Gasteiger partial charge >= 0.3 is 0 Å². The monoisotopic (exact) mass is 148 g/mol. The topological polar surface area (TPSA) is 33.3 Å². The van der Waals surface area contributed by atoms with Crippen LogP contribution in [0.4, 0.5) is 0 Å². The molecule has 0 fully saturated rings. The molecular formula is C7H20N2O. The fourth-order valence-corrected chi connectivity index (χ4v) is 0.495. The van der Waals surface area contributed by atoms with Gasteiger partial charge in [-0.2, -0.15) is 0 Å². The first kappa shape index (κ1) is 12.5. The number of hydrogen-bond donors (Lipinski definition) is 2. The maximum absolute atomic E-state index is 4.99. The molecule has 3 nitrogen and oxygen atoms in total. The predicted octanol–water partition coefficient (Wildman–Crippen LogP) is 0.773. The summed E-state index contributed by atoms with van der Waals surface area (Å²) in [6.45, 7) is 4.69. The van der Waals surface area contributed by atoms with E-state index in [9.17, 15) is 0 Å². The van der Waals surface area contributed by atoms with E-state index in [1.54, 1.807) is 0 Å². The molecule has 0 heterocycles. The lowest BCUT2D eigenvalue weighted by Gasteiger charge is -2.01. The molecule has 0 saturated heterocycles. The Morgan fingerprint density at radius 2 is 2.10 bits per heavy atom. The van der Waals surface area contributed by atoms with Crippen LogP contribution in [0.3, 0.4) is 0 Å². The molecule has 3 heteroatoms. The molecule has 0 rings (SSSR count). The first-order valence-electron chi connectivity index (χ1n) is 3.41. The SMILES string of the molecule is C.CCNOCCCNC. The van der Waals surface area contributed by atoms with E-state index in [0.29, 0.717) is 0 Å². The standard InChI is InChI=1S/C6H16N2O.CH4/c1-3-8-9-6-4-5-7-2;/h7-8H,3-6H2,1-2H3;1H4. The second-order valence-corrected chi connectivity index (χ2v) is 1.80. The summed E-state index contributed by atoms with van der Waals surface area (Å²) in [5, 5.41) is 3.04. The van der Waals surface area contributed by atoms with Crippen LogP contribution in [-0.2, 0) is 4.84 Å². The Balaban J connectivity index is 0. The highest BCUT2D eigenvalue weighted by atomic mass is 16.6. The van der Waals surface area contributed by atoms with Gasteiger partial charge in [-0.05, 0) is 20.0 Å². The Bertz CT molecular complexity index is 44.9. The van der Waals surface area contributed by atoms with Gasteiger partial charge in [-0.15, -0.1) is 0 Å². The summed E-state index contributed by atoms with van der Waals surface area (Å²) >= 11 is 0. The summed E-state index contributed by atoms with van der Waals surface area (Å²) in [7, 11) is 1.94. The van der Waals surface area contributed by atoms with Crippen LogP contribution in [0.5, 0.6) is 0 Å². The molecule has 0 radical (unpaired) electrons. The Morgan fingerprint density at radius 3 is 2.60 bits per heavy atom. The van der Waals surface area contributed by atoms with Gasteiger partial charge in [-0.25, -0.2) is 5.48 Å². The number of rotatable bonds is 6. The lowest BCUT2D eigenvalue weighted by Crippen LogP contribution is -2.17. The fraction of sp³-hybridized carbons (Fsp3) is 1.00. The molecule has 0 bridgehead atoms. The molecule has 0 aliphatic rings. The summed E-state index contributed by atoms with van der Waals surface area (Å²) in [6.07, 6.45) is 1.06. The highest BCUT2D eigenvalue weighted by molar-refractivity contribution is 4.37. The van der Waals surface area contributed by atoms with Crippen LogP contribution in [0.1, 0.15) is 20.8 Å². The molecule has 0 aromatic rings. The molecule has 0 amide bonds. The van der Waals surface area contributed by atoms with Crippen molar-refractivity contribution in [2.45, 2.75) is 20.8 Å². The Hall–Kier alpha value is -0.120. The van der Waals surface area contributed by atoms with E-state index in [0.717, 1.165) is 26.1 Å². The number of nitrogens with one attached hydrogen (secondary N) is 2. The van der Waals surface area contributed by atoms with Crippen LogP contribution in [0.2, 0.25) is 0 Å². The zero-order valence-corrected chi connectivity index (χ0v) is 6.24. The smallest absolute Gasteiger partial charge is 0.0694 e. The zero-order valence-electron chi connectivity index (χ0n) is 6.24. The number of hydroxylamine groups is 1. The molecular weight excluding hydrogens is 128 g/mol. The van der Waals surface area contributed by atoms with Crippen LogP contribution in [-0.4, -0.2) is 26.7 Å². The normalized spacial score (nSPS) is 9.00. The quantitative estimate of drug-likeness (QED) is 0.431. The van der Waals surface area contributed by atoms with E-state index in [4.69, 9.17) is 4.84 Å². The van der Waals surface area contributed by atoms with Crippen molar-refractivity contribution in [1.29, 1.82) is 0 Å². The summed E-state index contributed by atoms with van der Waals surface area (Å²) in [6, 6.07) is 0. The molecule has 0 aromatic heterocycles. The lowest BCUT2D eigenvalue weighted by atomic mass is 10.5. The van der Waals surface area contributed by atoms with Gasteiger partial charge in [0.05, 0.1) is 6.61 Å². The molecule has 0 aliphatic heterocycles. The first-order valence-corrected chi connectivity index (χ1v) is 3.41. The molecule has 64 valence electrons. The van der Waals surface area contributed by atoms with Gasteiger partial charge in [0.2, 0.25) is 0 Å². The molecule has 0 aliphatic carbocycles. The van der Waals surface area contributed by atoms with Gasteiger partial charge in [0.1, 0.15) is 0 Å². The average Bonchev–Trinajstić information content (AvgIpc) is 1.89. The largest absolute Gasteiger partial charge is 0.320 e. The Kier molecular flexibility index (Phi) is 14.6. The van der Waals surface area contributed by atoms with E-state index in [2.05, 4.69) is 10.8 Å². The molecule has 0 spiro atoms. The maximum Gasteiger partial charge on any atom is 0.0694 e. The first-order chi connectivity index (χ1) is 4.41. The summed E-state index contributed by atoms with van der Waals surface area (Å²) in [5.74, 6) is 0. The minimum absolute atomic E-state index is 0. The van der Waals surface area contributed by atoms with E-state index in [1.165, 1.54) is 0 Å². The molecule has 0 aromatic carbocycles. The van der Waals surface area contributed by atoms with Crippen molar-refractivity contribution < 1.29 is 4.84 Å². The minimum Gasteiger partial charge on any atom is -0.320 e. The van der Waals surface area contributed by atoms with Crippen LogP contribution in [0.15, 0.2) is 0 Å². The van der Waals surface area contributed by atoms with Crippen molar-refractivity contribution in [3.05, 3.63) is 0 Å². The van der Waals surface area contributed by atoms with Crippen LogP contribution >= 0.6 is 0 Å². The van der Waals surface area contributed by atoms with E-state index in [-0.39, 0.29) is 7.43 Å². The van der Waals surface area contributed by atoms with Gasteiger partial charge in [-0.3, -0.25) is 0 Å². The molecule has 0 saturated carbocycles. The third kappa shape index (κ3) is 10.8. The van der Waals surface area contributed by atoms with Crippen molar-refractivity contribution >= 4 is 0 Å². The average molecular weight is 148 g/mol. The van der Waals surface area contributed by atoms with E-state index < -0.39 is 0 Å². The molecule has 0 unspecified atom stereocenters. The van der Waals surface area contributed by atoms with Gasteiger partial charge in [0, 0.05) is 6.54 Å². The van der Waals surface area contributed by atoms with E-state index in [1.807, 2.05) is 14.0 Å². The minimum atomic E-state index is 0. The zero-order chi connectivity index (χ0) is 6.95. The van der Waals surface area contributed by atoms with Crippen LogP contribution < -0.4 is 10.8 Å².